The van der Waals surface area contributed by atoms with Gasteiger partial charge in [-0.3, -0.25) is 4.79 Å². The van der Waals surface area contributed by atoms with Crippen LogP contribution < -0.4 is 5.32 Å². The van der Waals surface area contributed by atoms with Crippen molar-refractivity contribution in [2.75, 3.05) is 0 Å². The molecule has 0 radical (unpaired) electrons. The van der Waals surface area contributed by atoms with Gasteiger partial charge >= 0.3 is 12.1 Å². The van der Waals surface area contributed by atoms with Crippen LogP contribution in [0, 0.1) is 5.82 Å². The summed E-state index contributed by atoms with van der Waals surface area (Å²) in [5.74, 6) is -1.61. The molecular formula is C17H16FNO4. The molecule has 6 heteroatoms. The first-order valence-corrected chi connectivity index (χ1v) is 6.99. The molecule has 2 aromatic rings. The Kier molecular flexibility index (Phi) is 5.68. The van der Waals surface area contributed by atoms with Crippen molar-refractivity contribution in [3.63, 3.8) is 0 Å². The monoisotopic (exact) mass is 317 g/mol. The van der Waals surface area contributed by atoms with E-state index in [4.69, 9.17) is 9.84 Å². The summed E-state index contributed by atoms with van der Waals surface area (Å²) in [5, 5.41) is 11.4. The van der Waals surface area contributed by atoms with Gasteiger partial charge in [-0.25, -0.2) is 9.18 Å². The third-order valence-electron chi connectivity index (χ3n) is 3.13. The van der Waals surface area contributed by atoms with Crippen LogP contribution in [0.4, 0.5) is 9.18 Å². The van der Waals surface area contributed by atoms with Crippen LogP contribution in [0.2, 0.25) is 0 Å². The number of nitrogens with one attached hydrogen (secondary N) is 1. The number of aliphatic carboxylic acids is 1. The predicted octanol–water partition coefficient (Wildman–Crippen LogP) is 3.27. The molecule has 0 fully saturated rings. The molecule has 1 amide bonds. The Labute approximate surface area is 132 Å². The molecule has 2 aromatic carbocycles. The van der Waals surface area contributed by atoms with Crippen molar-refractivity contribution in [1.82, 2.24) is 5.32 Å². The van der Waals surface area contributed by atoms with E-state index in [-0.39, 0.29) is 13.0 Å². The number of rotatable bonds is 6. The van der Waals surface area contributed by atoms with Crippen LogP contribution in [0.5, 0.6) is 0 Å². The average Bonchev–Trinajstić information content (AvgIpc) is 2.53. The lowest BCUT2D eigenvalue weighted by Gasteiger charge is -2.17. The van der Waals surface area contributed by atoms with Crippen molar-refractivity contribution < 1.29 is 23.8 Å². The van der Waals surface area contributed by atoms with Crippen LogP contribution >= 0.6 is 0 Å². The molecule has 120 valence electrons. The summed E-state index contributed by atoms with van der Waals surface area (Å²) >= 11 is 0. The second kappa shape index (κ2) is 7.93. The van der Waals surface area contributed by atoms with Gasteiger partial charge in [-0.1, -0.05) is 42.5 Å². The van der Waals surface area contributed by atoms with E-state index < -0.39 is 23.9 Å². The lowest BCUT2D eigenvalue weighted by Crippen LogP contribution is -2.30. The van der Waals surface area contributed by atoms with Crippen molar-refractivity contribution in [1.29, 1.82) is 0 Å². The molecule has 2 N–H and O–H groups in total. The number of hydrogen-bond acceptors (Lipinski definition) is 3. The topological polar surface area (TPSA) is 75.6 Å². The first-order chi connectivity index (χ1) is 11.0. The zero-order valence-electron chi connectivity index (χ0n) is 12.2. The molecule has 0 aliphatic heterocycles. The van der Waals surface area contributed by atoms with Gasteiger partial charge in [0.05, 0.1) is 12.5 Å². The highest BCUT2D eigenvalue weighted by Gasteiger charge is 2.19. The van der Waals surface area contributed by atoms with E-state index in [2.05, 4.69) is 5.32 Å². The standard InChI is InChI=1S/C17H16FNO4/c18-14-8-4-7-13(9-14)15(10-16(20)21)19-17(22)23-11-12-5-2-1-3-6-12/h1-9,15H,10-11H2,(H,19,22)(H,20,21). The Morgan fingerprint density at radius 1 is 1.13 bits per heavy atom. The van der Waals surface area contributed by atoms with Crippen molar-refractivity contribution in [2.24, 2.45) is 0 Å². The molecule has 0 saturated carbocycles. The highest BCUT2D eigenvalue weighted by molar-refractivity contribution is 5.72. The molecule has 0 bridgehead atoms. The maximum Gasteiger partial charge on any atom is 0.407 e. The molecule has 5 nitrogen and oxygen atoms in total. The Balaban J connectivity index is 1.99. The highest BCUT2D eigenvalue weighted by atomic mass is 19.1. The maximum absolute atomic E-state index is 13.3. The van der Waals surface area contributed by atoms with Crippen molar-refractivity contribution in [3.05, 3.63) is 71.5 Å². The minimum Gasteiger partial charge on any atom is -0.481 e. The van der Waals surface area contributed by atoms with Gasteiger partial charge in [0.2, 0.25) is 0 Å². The first kappa shape index (κ1) is 16.5. The Morgan fingerprint density at radius 3 is 2.52 bits per heavy atom. The summed E-state index contributed by atoms with van der Waals surface area (Å²) in [5.41, 5.74) is 1.17. The third-order valence-corrected chi connectivity index (χ3v) is 3.13. The van der Waals surface area contributed by atoms with E-state index in [9.17, 15) is 14.0 Å². The van der Waals surface area contributed by atoms with Gasteiger partial charge in [-0.2, -0.15) is 0 Å². The minimum absolute atomic E-state index is 0.0651. The molecule has 1 unspecified atom stereocenters. The number of halogens is 1. The summed E-state index contributed by atoms with van der Waals surface area (Å²) in [6, 6.07) is 13.6. The number of carboxylic acids is 1. The summed E-state index contributed by atoms with van der Waals surface area (Å²) in [4.78, 5) is 22.8. The molecular weight excluding hydrogens is 301 g/mol. The molecule has 0 spiro atoms. The Hall–Kier alpha value is -2.89. The smallest absolute Gasteiger partial charge is 0.407 e. The van der Waals surface area contributed by atoms with E-state index in [1.54, 1.807) is 18.2 Å². The van der Waals surface area contributed by atoms with Crippen LogP contribution in [0.1, 0.15) is 23.6 Å². The first-order valence-electron chi connectivity index (χ1n) is 6.99. The van der Waals surface area contributed by atoms with Gasteiger partial charge in [0.1, 0.15) is 12.4 Å². The van der Waals surface area contributed by atoms with Gasteiger partial charge in [0.15, 0.2) is 0 Å². The Morgan fingerprint density at radius 2 is 1.87 bits per heavy atom. The largest absolute Gasteiger partial charge is 0.481 e. The molecule has 23 heavy (non-hydrogen) atoms. The Bertz CT molecular complexity index is 675. The molecule has 0 aliphatic rings. The van der Waals surface area contributed by atoms with Crippen LogP contribution in [-0.4, -0.2) is 17.2 Å². The van der Waals surface area contributed by atoms with Crippen molar-refractivity contribution in [3.8, 4) is 0 Å². The number of amides is 1. The lowest BCUT2D eigenvalue weighted by atomic mass is 10.0. The zero-order valence-corrected chi connectivity index (χ0v) is 12.2. The highest BCUT2D eigenvalue weighted by Crippen LogP contribution is 2.18. The van der Waals surface area contributed by atoms with Crippen LogP contribution in [-0.2, 0) is 16.1 Å². The van der Waals surface area contributed by atoms with Gasteiger partial charge in [0.25, 0.3) is 0 Å². The zero-order chi connectivity index (χ0) is 16.7. The van der Waals surface area contributed by atoms with Gasteiger partial charge < -0.3 is 15.2 Å². The maximum atomic E-state index is 13.3. The summed E-state index contributed by atoms with van der Waals surface area (Å²) in [6.07, 6.45) is -1.13. The number of carboxylic acid groups (broad SMARTS) is 1. The molecule has 2 rings (SSSR count). The number of benzene rings is 2. The van der Waals surface area contributed by atoms with Gasteiger partial charge in [0, 0.05) is 0 Å². The second-order valence-corrected chi connectivity index (χ2v) is 4.91. The average molecular weight is 317 g/mol. The number of hydrogen-bond donors (Lipinski definition) is 2. The van der Waals surface area contributed by atoms with Gasteiger partial charge in [-0.05, 0) is 23.3 Å². The second-order valence-electron chi connectivity index (χ2n) is 4.91. The van der Waals surface area contributed by atoms with E-state index >= 15 is 0 Å². The van der Waals surface area contributed by atoms with E-state index in [0.29, 0.717) is 5.56 Å². The minimum atomic E-state index is -1.11. The molecule has 0 heterocycles. The van der Waals surface area contributed by atoms with Crippen molar-refractivity contribution >= 4 is 12.1 Å². The number of carbonyl (C=O) groups is 2. The van der Waals surface area contributed by atoms with Crippen LogP contribution in [0.3, 0.4) is 0 Å². The number of alkyl carbamates (subject to hydrolysis) is 1. The van der Waals surface area contributed by atoms with E-state index in [1.165, 1.54) is 18.2 Å². The molecule has 0 aliphatic carbocycles. The fraction of sp³-hybridized carbons (Fsp3) is 0.176. The van der Waals surface area contributed by atoms with Crippen LogP contribution in [0.25, 0.3) is 0 Å². The fourth-order valence-electron chi connectivity index (χ4n) is 2.06. The molecule has 0 saturated heterocycles. The molecule has 0 aromatic heterocycles. The van der Waals surface area contributed by atoms with Crippen LogP contribution in [0.15, 0.2) is 54.6 Å². The van der Waals surface area contributed by atoms with Gasteiger partial charge in [-0.15, -0.1) is 0 Å². The normalized spacial score (nSPS) is 11.5. The van der Waals surface area contributed by atoms with E-state index in [1.807, 2.05) is 18.2 Å². The predicted molar refractivity (Wildman–Crippen MR) is 81.2 cm³/mol. The number of ether oxygens (including phenoxy) is 1. The summed E-state index contributed by atoms with van der Waals surface area (Å²) < 4.78 is 18.3. The summed E-state index contributed by atoms with van der Waals surface area (Å²) in [7, 11) is 0. The number of carbonyl (C=O) groups excluding carboxylic acids is 1. The van der Waals surface area contributed by atoms with E-state index in [0.717, 1.165) is 5.56 Å². The molecule has 1 atom stereocenters. The lowest BCUT2D eigenvalue weighted by molar-refractivity contribution is -0.137. The summed E-state index contributed by atoms with van der Waals surface area (Å²) in [6.45, 7) is 0.0651. The third kappa shape index (κ3) is 5.43. The van der Waals surface area contributed by atoms with Crippen molar-refractivity contribution in [2.45, 2.75) is 19.1 Å². The fourth-order valence-corrected chi connectivity index (χ4v) is 2.06. The quantitative estimate of drug-likeness (QED) is 0.857. The SMILES string of the molecule is O=C(O)CC(NC(=O)OCc1ccccc1)c1cccc(F)c1.